The zero-order chi connectivity index (χ0) is 12.5. The predicted molar refractivity (Wildman–Crippen MR) is 69.0 cm³/mol. The highest BCUT2D eigenvalue weighted by molar-refractivity contribution is 9.10. The van der Waals surface area contributed by atoms with Crippen LogP contribution in [0.1, 0.15) is 0 Å². The second kappa shape index (κ2) is 4.26. The first-order valence-electron chi connectivity index (χ1n) is 5.11. The fraction of sp³-hybridized carbons (Fsp3) is 0. The Labute approximate surface area is 111 Å². The van der Waals surface area contributed by atoms with E-state index in [1.54, 1.807) is 17.1 Å². The maximum atomic E-state index is 5.50. The molecule has 0 atom stereocenters. The third-order valence-electron chi connectivity index (χ3n) is 2.44. The van der Waals surface area contributed by atoms with E-state index < -0.39 is 0 Å². The maximum absolute atomic E-state index is 5.50. The number of rotatable bonds is 2. The van der Waals surface area contributed by atoms with Crippen molar-refractivity contribution in [3.05, 3.63) is 41.4 Å². The summed E-state index contributed by atoms with van der Waals surface area (Å²) in [4.78, 5) is 3.91. The SMILES string of the molecule is Nc1cc(-c2ccc(-n3cncn3)c(Br)c2)no1. The van der Waals surface area contributed by atoms with Crippen LogP contribution in [0, 0.1) is 0 Å². The van der Waals surface area contributed by atoms with E-state index in [1.165, 1.54) is 6.33 Å². The molecule has 0 aliphatic carbocycles. The summed E-state index contributed by atoms with van der Waals surface area (Å²) in [6.45, 7) is 0. The van der Waals surface area contributed by atoms with E-state index in [-0.39, 0.29) is 0 Å². The zero-order valence-electron chi connectivity index (χ0n) is 9.12. The molecular weight excluding hydrogens is 298 g/mol. The molecule has 6 nitrogen and oxygen atoms in total. The summed E-state index contributed by atoms with van der Waals surface area (Å²) in [6.07, 6.45) is 3.12. The second-order valence-corrected chi connectivity index (χ2v) is 4.48. The number of aromatic nitrogens is 4. The summed E-state index contributed by atoms with van der Waals surface area (Å²) < 4.78 is 7.40. The zero-order valence-corrected chi connectivity index (χ0v) is 10.7. The number of halogens is 1. The molecule has 0 saturated carbocycles. The minimum atomic E-state index is 0.293. The second-order valence-electron chi connectivity index (χ2n) is 3.62. The molecule has 7 heteroatoms. The maximum Gasteiger partial charge on any atom is 0.222 e. The third kappa shape index (κ3) is 1.88. The monoisotopic (exact) mass is 305 g/mol. The molecule has 0 aliphatic rings. The lowest BCUT2D eigenvalue weighted by atomic mass is 10.1. The largest absolute Gasteiger partial charge is 0.368 e. The molecule has 3 aromatic rings. The van der Waals surface area contributed by atoms with Crippen molar-refractivity contribution in [1.29, 1.82) is 0 Å². The number of hydrogen-bond acceptors (Lipinski definition) is 5. The Hall–Kier alpha value is -2.15. The van der Waals surface area contributed by atoms with Crippen LogP contribution in [0.4, 0.5) is 5.88 Å². The van der Waals surface area contributed by atoms with E-state index in [4.69, 9.17) is 10.3 Å². The molecule has 0 saturated heterocycles. The molecule has 2 heterocycles. The predicted octanol–water partition coefficient (Wildman–Crippen LogP) is 2.27. The van der Waals surface area contributed by atoms with Gasteiger partial charge < -0.3 is 10.3 Å². The molecule has 90 valence electrons. The number of nitrogens with zero attached hydrogens (tertiary/aromatic N) is 4. The Morgan fingerprint density at radius 3 is 2.78 bits per heavy atom. The van der Waals surface area contributed by atoms with Crippen LogP contribution < -0.4 is 5.73 Å². The number of nitrogen functional groups attached to an aromatic ring is 1. The van der Waals surface area contributed by atoms with Crippen LogP contribution in [0.2, 0.25) is 0 Å². The van der Waals surface area contributed by atoms with Crippen molar-refractivity contribution < 1.29 is 4.52 Å². The molecule has 3 rings (SSSR count). The highest BCUT2D eigenvalue weighted by atomic mass is 79.9. The van der Waals surface area contributed by atoms with Crippen molar-refractivity contribution in [2.45, 2.75) is 0 Å². The van der Waals surface area contributed by atoms with Gasteiger partial charge in [-0.25, -0.2) is 9.67 Å². The molecule has 2 aromatic heterocycles. The average Bonchev–Trinajstić information content (AvgIpc) is 2.99. The lowest BCUT2D eigenvalue weighted by Gasteiger charge is -2.05. The number of benzene rings is 1. The Morgan fingerprint density at radius 1 is 1.28 bits per heavy atom. The Morgan fingerprint density at radius 2 is 2.17 bits per heavy atom. The standard InChI is InChI=1S/C11H8BrN5O/c12-8-3-7(9-4-11(13)18-16-9)1-2-10(8)17-6-14-5-15-17/h1-6H,13H2. The highest BCUT2D eigenvalue weighted by Crippen LogP contribution is 2.27. The summed E-state index contributed by atoms with van der Waals surface area (Å²) in [5.74, 6) is 0.293. The molecule has 0 spiro atoms. The van der Waals surface area contributed by atoms with E-state index in [2.05, 4.69) is 31.2 Å². The first-order valence-corrected chi connectivity index (χ1v) is 5.90. The van der Waals surface area contributed by atoms with Gasteiger partial charge >= 0.3 is 0 Å². The van der Waals surface area contributed by atoms with Crippen LogP contribution in [-0.4, -0.2) is 19.9 Å². The van der Waals surface area contributed by atoms with Crippen molar-refractivity contribution in [2.24, 2.45) is 0 Å². The molecule has 0 amide bonds. The van der Waals surface area contributed by atoms with Gasteiger partial charge in [-0.05, 0) is 28.1 Å². The van der Waals surface area contributed by atoms with E-state index >= 15 is 0 Å². The van der Waals surface area contributed by atoms with Crippen molar-refractivity contribution in [2.75, 3.05) is 5.73 Å². The molecule has 2 N–H and O–H groups in total. The number of hydrogen-bond donors (Lipinski definition) is 1. The smallest absolute Gasteiger partial charge is 0.222 e. The fourth-order valence-corrected chi connectivity index (χ4v) is 2.17. The topological polar surface area (TPSA) is 82.8 Å². The summed E-state index contributed by atoms with van der Waals surface area (Å²) in [5, 5.41) is 7.94. The lowest BCUT2D eigenvalue weighted by molar-refractivity contribution is 0.439. The molecule has 0 aliphatic heterocycles. The molecular formula is C11H8BrN5O. The van der Waals surface area contributed by atoms with Crippen molar-refractivity contribution >= 4 is 21.8 Å². The summed E-state index contributed by atoms with van der Waals surface area (Å²) in [5.41, 5.74) is 8.00. The van der Waals surface area contributed by atoms with E-state index in [0.717, 1.165) is 15.7 Å². The van der Waals surface area contributed by atoms with E-state index in [1.807, 2.05) is 18.2 Å². The fourth-order valence-electron chi connectivity index (χ4n) is 1.61. The highest BCUT2D eigenvalue weighted by Gasteiger charge is 2.08. The van der Waals surface area contributed by atoms with Gasteiger partial charge in [-0.1, -0.05) is 11.2 Å². The van der Waals surface area contributed by atoms with Gasteiger partial charge in [0, 0.05) is 16.1 Å². The summed E-state index contributed by atoms with van der Waals surface area (Å²) in [7, 11) is 0. The van der Waals surface area contributed by atoms with Gasteiger partial charge in [-0.3, -0.25) is 0 Å². The van der Waals surface area contributed by atoms with Gasteiger partial charge in [0.2, 0.25) is 5.88 Å². The lowest BCUT2D eigenvalue weighted by Crippen LogP contribution is -1.95. The molecule has 0 bridgehead atoms. The molecule has 18 heavy (non-hydrogen) atoms. The molecule has 0 fully saturated rings. The van der Waals surface area contributed by atoms with Gasteiger partial charge in [-0.2, -0.15) is 5.10 Å². The van der Waals surface area contributed by atoms with Crippen LogP contribution in [0.15, 0.2) is 45.9 Å². The number of nitrogens with two attached hydrogens (primary N) is 1. The quantitative estimate of drug-likeness (QED) is 0.785. The minimum absolute atomic E-state index is 0.293. The van der Waals surface area contributed by atoms with Crippen molar-refractivity contribution in [3.8, 4) is 16.9 Å². The van der Waals surface area contributed by atoms with Crippen LogP contribution in [0.5, 0.6) is 0 Å². The van der Waals surface area contributed by atoms with Crippen LogP contribution in [0.3, 0.4) is 0 Å². The average molecular weight is 306 g/mol. The van der Waals surface area contributed by atoms with E-state index in [0.29, 0.717) is 11.6 Å². The van der Waals surface area contributed by atoms with Gasteiger partial charge in [0.1, 0.15) is 18.3 Å². The minimum Gasteiger partial charge on any atom is -0.368 e. The van der Waals surface area contributed by atoms with Gasteiger partial charge in [0.15, 0.2) is 0 Å². The van der Waals surface area contributed by atoms with Crippen LogP contribution >= 0.6 is 15.9 Å². The summed E-state index contributed by atoms with van der Waals surface area (Å²) >= 11 is 3.49. The Kier molecular flexibility index (Phi) is 2.60. The van der Waals surface area contributed by atoms with Gasteiger partial charge in [0.25, 0.3) is 0 Å². The normalized spacial score (nSPS) is 10.7. The van der Waals surface area contributed by atoms with Crippen molar-refractivity contribution in [3.63, 3.8) is 0 Å². The Balaban J connectivity index is 2.04. The number of anilines is 1. The van der Waals surface area contributed by atoms with Crippen molar-refractivity contribution in [1.82, 2.24) is 19.9 Å². The van der Waals surface area contributed by atoms with Crippen LogP contribution in [0.25, 0.3) is 16.9 Å². The molecule has 1 aromatic carbocycles. The third-order valence-corrected chi connectivity index (χ3v) is 3.07. The van der Waals surface area contributed by atoms with Crippen LogP contribution in [-0.2, 0) is 0 Å². The first kappa shape index (κ1) is 11.0. The molecule has 0 radical (unpaired) electrons. The van der Waals surface area contributed by atoms with Gasteiger partial charge in [0.05, 0.1) is 5.69 Å². The summed E-state index contributed by atoms with van der Waals surface area (Å²) in [6, 6.07) is 7.43. The van der Waals surface area contributed by atoms with E-state index in [9.17, 15) is 0 Å². The molecule has 0 unspecified atom stereocenters. The Bertz CT molecular complexity index is 677. The van der Waals surface area contributed by atoms with Gasteiger partial charge in [-0.15, -0.1) is 0 Å². The first-order chi connectivity index (χ1) is 8.74.